The number of hydrazone groups is 2. The molecular formula is C21H19N7O4. The third-order valence-electron chi connectivity index (χ3n) is 3.92. The van der Waals surface area contributed by atoms with Crippen molar-refractivity contribution in [1.29, 1.82) is 0 Å². The molecule has 0 spiro atoms. The van der Waals surface area contributed by atoms with Gasteiger partial charge in [-0.3, -0.25) is 9.59 Å². The minimum absolute atomic E-state index is 0.0202. The minimum atomic E-state index is -0.622. The Labute approximate surface area is 182 Å². The van der Waals surface area contributed by atoms with Crippen molar-refractivity contribution in [3.8, 4) is 0 Å². The Morgan fingerprint density at radius 1 is 0.719 bits per heavy atom. The van der Waals surface area contributed by atoms with Crippen LogP contribution in [0.25, 0.3) is 0 Å². The molecule has 3 heterocycles. The lowest BCUT2D eigenvalue weighted by molar-refractivity contribution is 0.0945. The molecule has 3 aromatic rings. The van der Waals surface area contributed by atoms with Crippen molar-refractivity contribution in [3.05, 3.63) is 88.8 Å². The third-order valence-corrected chi connectivity index (χ3v) is 3.92. The van der Waals surface area contributed by atoms with E-state index in [-0.39, 0.29) is 24.6 Å². The van der Waals surface area contributed by atoms with Crippen LogP contribution < -0.4 is 10.9 Å². The van der Waals surface area contributed by atoms with Crippen LogP contribution in [0.3, 0.4) is 0 Å². The standard InChI is InChI=1S/C21H19N7O4/c29-12-16-6-1-4-14(24-16)10-22-27-20(31)18-8-3-9-19(26-18)21(32)28-23-11-15-5-2-7-17(13-30)25-15/h1-11,29-30H,12-13H2,(H,27,31)(H,28,32)/b22-10+,23-11+. The summed E-state index contributed by atoms with van der Waals surface area (Å²) >= 11 is 0. The molecule has 3 rings (SSSR count). The average Bonchev–Trinajstić information content (AvgIpc) is 2.84. The van der Waals surface area contributed by atoms with Crippen LogP contribution in [-0.4, -0.2) is 49.4 Å². The number of aliphatic hydroxyl groups is 2. The second kappa shape index (κ2) is 11.2. The molecule has 162 valence electrons. The van der Waals surface area contributed by atoms with E-state index >= 15 is 0 Å². The van der Waals surface area contributed by atoms with Crippen LogP contribution >= 0.6 is 0 Å². The maximum Gasteiger partial charge on any atom is 0.289 e. The van der Waals surface area contributed by atoms with Gasteiger partial charge in [0.2, 0.25) is 0 Å². The summed E-state index contributed by atoms with van der Waals surface area (Å²) in [5, 5.41) is 25.8. The van der Waals surface area contributed by atoms with Gasteiger partial charge in [0.25, 0.3) is 11.8 Å². The Morgan fingerprint density at radius 3 is 1.59 bits per heavy atom. The van der Waals surface area contributed by atoms with Crippen molar-refractivity contribution in [2.75, 3.05) is 0 Å². The van der Waals surface area contributed by atoms with Crippen molar-refractivity contribution in [2.45, 2.75) is 13.2 Å². The minimum Gasteiger partial charge on any atom is -0.390 e. The Bertz CT molecular complexity index is 1080. The Hall–Kier alpha value is -4.35. The average molecular weight is 433 g/mol. The van der Waals surface area contributed by atoms with Crippen molar-refractivity contribution >= 4 is 24.2 Å². The van der Waals surface area contributed by atoms with E-state index in [2.05, 4.69) is 36.0 Å². The van der Waals surface area contributed by atoms with Crippen LogP contribution in [0.5, 0.6) is 0 Å². The summed E-state index contributed by atoms with van der Waals surface area (Å²) in [5.41, 5.74) is 6.42. The lowest BCUT2D eigenvalue weighted by Crippen LogP contribution is -2.23. The molecule has 0 saturated carbocycles. The predicted molar refractivity (Wildman–Crippen MR) is 115 cm³/mol. The first-order valence-corrected chi connectivity index (χ1v) is 9.36. The van der Waals surface area contributed by atoms with Crippen molar-refractivity contribution in [3.63, 3.8) is 0 Å². The summed E-state index contributed by atoms with van der Waals surface area (Å²) in [5.74, 6) is -1.24. The highest BCUT2D eigenvalue weighted by Crippen LogP contribution is 2.01. The molecule has 0 saturated heterocycles. The first kappa shape index (κ1) is 22.3. The maximum absolute atomic E-state index is 12.3. The van der Waals surface area contributed by atoms with Crippen LogP contribution in [0, 0.1) is 0 Å². The van der Waals surface area contributed by atoms with Gasteiger partial charge in [-0.1, -0.05) is 18.2 Å². The normalized spacial score (nSPS) is 11.1. The van der Waals surface area contributed by atoms with Gasteiger partial charge < -0.3 is 10.2 Å². The summed E-state index contributed by atoms with van der Waals surface area (Å²) in [6, 6.07) is 14.4. The number of pyridine rings is 3. The van der Waals surface area contributed by atoms with Gasteiger partial charge in [-0.25, -0.2) is 25.8 Å². The summed E-state index contributed by atoms with van der Waals surface area (Å²) < 4.78 is 0. The summed E-state index contributed by atoms with van der Waals surface area (Å²) in [6.07, 6.45) is 2.64. The van der Waals surface area contributed by atoms with E-state index in [0.717, 1.165) is 0 Å². The summed E-state index contributed by atoms with van der Waals surface area (Å²) in [7, 11) is 0. The molecular weight excluding hydrogens is 414 g/mol. The number of aromatic nitrogens is 3. The van der Waals surface area contributed by atoms with Gasteiger partial charge in [0.15, 0.2) is 0 Å². The number of nitrogens with zero attached hydrogens (tertiary/aromatic N) is 5. The predicted octanol–water partition coefficient (Wildman–Crippen LogP) is 0.384. The fraction of sp³-hybridized carbons (Fsp3) is 0.0952. The fourth-order valence-corrected chi connectivity index (χ4v) is 2.43. The molecule has 0 aromatic carbocycles. The van der Waals surface area contributed by atoms with Crippen molar-refractivity contribution in [2.24, 2.45) is 10.2 Å². The SMILES string of the molecule is O=C(N/N=C/c1cccc(CO)n1)c1cccc(C(=O)N/N=C/c2cccc(CO)n2)n1. The fourth-order valence-electron chi connectivity index (χ4n) is 2.43. The van der Waals surface area contributed by atoms with Gasteiger partial charge in [-0.15, -0.1) is 0 Å². The van der Waals surface area contributed by atoms with Gasteiger partial charge in [-0.2, -0.15) is 10.2 Å². The number of rotatable bonds is 8. The summed E-state index contributed by atoms with van der Waals surface area (Å²) in [6.45, 7) is -0.412. The molecule has 3 aromatic heterocycles. The maximum atomic E-state index is 12.3. The molecule has 2 amide bonds. The number of carbonyl (C=O) groups is 2. The quantitative estimate of drug-likeness (QED) is 0.295. The van der Waals surface area contributed by atoms with E-state index in [9.17, 15) is 9.59 Å². The van der Waals surface area contributed by atoms with Crippen LogP contribution in [0.2, 0.25) is 0 Å². The number of aliphatic hydroxyl groups excluding tert-OH is 2. The molecule has 0 aliphatic rings. The van der Waals surface area contributed by atoms with E-state index in [4.69, 9.17) is 10.2 Å². The summed E-state index contributed by atoms with van der Waals surface area (Å²) in [4.78, 5) is 36.7. The third kappa shape index (κ3) is 6.32. The molecule has 32 heavy (non-hydrogen) atoms. The Balaban J connectivity index is 1.59. The molecule has 0 radical (unpaired) electrons. The van der Waals surface area contributed by atoms with E-state index in [1.54, 1.807) is 36.4 Å². The second-order valence-corrected chi connectivity index (χ2v) is 6.23. The first-order chi connectivity index (χ1) is 15.6. The molecule has 0 bridgehead atoms. The lowest BCUT2D eigenvalue weighted by Gasteiger charge is -2.03. The van der Waals surface area contributed by atoms with Crippen LogP contribution in [-0.2, 0) is 13.2 Å². The zero-order valence-electron chi connectivity index (χ0n) is 16.7. The van der Waals surface area contributed by atoms with Gasteiger partial charge in [-0.05, 0) is 36.4 Å². The second-order valence-electron chi connectivity index (χ2n) is 6.23. The van der Waals surface area contributed by atoms with E-state index < -0.39 is 11.8 Å². The van der Waals surface area contributed by atoms with Gasteiger partial charge in [0.05, 0.1) is 48.4 Å². The number of carbonyl (C=O) groups excluding carboxylic acids is 2. The van der Waals surface area contributed by atoms with Gasteiger partial charge in [0.1, 0.15) is 11.4 Å². The molecule has 4 N–H and O–H groups in total. The topological polar surface area (TPSA) is 162 Å². The van der Waals surface area contributed by atoms with Crippen molar-refractivity contribution < 1.29 is 19.8 Å². The van der Waals surface area contributed by atoms with Crippen LogP contribution in [0.4, 0.5) is 0 Å². The Morgan fingerprint density at radius 2 is 1.16 bits per heavy atom. The molecule has 11 nitrogen and oxygen atoms in total. The molecule has 0 aliphatic carbocycles. The monoisotopic (exact) mass is 433 g/mol. The molecule has 0 fully saturated rings. The van der Waals surface area contributed by atoms with Crippen LogP contribution in [0.1, 0.15) is 43.8 Å². The van der Waals surface area contributed by atoms with E-state index in [0.29, 0.717) is 22.8 Å². The molecule has 11 heteroatoms. The highest BCUT2D eigenvalue weighted by atomic mass is 16.3. The van der Waals surface area contributed by atoms with Crippen LogP contribution in [0.15, 0.2) is 64.8 Å². The highest BCUT2D eigenvalue weighted by molar-refractivity contribution is 5.96. The zero-order chi connectivity index (χ0) is 22.8. The first-order valence-electron chi connectivity index (χ1n) is 9.36. The Kier molecular flexibility index (Phi) is 7.79. The smallest absolute Gasteiger partial charge is 0.289 e. The molecule has 0 unspecified atom stereocenters. The number of amides is 2. The van der Waals surface area contributed by atoms with Gasteiger partial charge >= 0.3 is 0 Å². The molecule has 0 aliphatic heterocycles. The number of hydrogen-bond donors (Lipinski definition) is 4. The lowest BCUT2D eigenvalue weighted by atomic mass is 10.3. The zero-order valence-corrected chi connectivity index (χ0v) is 16.7. The van der Waals surface area contributed by atoms with E-state index in [1.807, 2.05) is 0 Å². The van der Waals surface area contributed by atoms with Crippen molar-refractivity contribution in [1.82, 2.24) is 25.8 Å². The van der Waals surface area contributed by atoms with Gasteiger partial charge in [0, 0.05) is 0 Å². The highest BCUT2D eigenvalue weighted by Gasteiger charge is 2.11. The largest absolute Gasteiger partial charge is 0.390 e. The number of hydrogen-bond acceptors (Lipinski definition) is 9. The number of nitrogens with one attached hydrogen (secondary N) is 2. The van der Waals surface area contributed by atoms with E-state index in [1.165, 1.54) is 30.6 Å². The molecule has 0 atom stereocenters.